The molecule has 10 nitrogen and oxygen atoms in total. The Bertz CT molecular complexity index is 1540. The number of hydrogen-bond acceptors (Lipinski definition) is 9. The number of phenolic OH excluding ortho intramolecular Hbond substituents is 1. The number of ketones is 3. The van der Waals surface area contributed by atoms with Gasteiger partial charge in [-0.3, -0.25) is 24.1 Å². The molecule has 0 aliphatic heterocycles. The van der Waals surface area contributed by atoms with Gasteiger partial charge < -0.3 is 26.2 Å². The van der Waals surface area contributed by atoms with Crippen LogP contribution in [0, 0.1) is 11.8 Å². The number of primary amides is 1. The number of Topliss-reactive ketones (excluding diaryl/α,β-unsaturated/α-hetero) is 3. The zero-order valence-corrected chi connectivity index (χ0v) is 21.6. The zero-order chi connectivity index (χ0) is 28.5. The number of benzene rings is 2. The van der Waals surface area contributed by atoms with Crippen molar-refractivity contribution in [2.75, 3.05) is 14.1 Å². The molecule has 3 aliphatic rings. The smallest absolute Gasteiger partial charge is 0.255 e. The van der Waals surface area contributed by atoms with Gasteiger partial charge in [0, 0.05) is 17.1 Å². The van der Waals surface area contributed by atoms with Crippen LogP contribution in [0.3, 0.4) is 0 Å². The molecule has 0 spiro atoms. The van der Waals surface area contributed by atoms with Gasteiger partial charge in [0.1, 0.15) is 22.8 Å². The Morgan fingerprint density at radius 2 is 1.67 bits per heavy atom. The molecule has 0 heterocycles. The van der Waals surface area contributed by atoms with Crippen LogP contribution in [0.1, 0.15) is 34.8 Å². The van der Waals surface area contributed by atoms with Gasteiger partial charge in [0.05, 0.1) is 11.6 Å². The molecule has 0 saturated heterocycles. The summed E-state index contributed by atoms with van der Waals surface area (Å²) in [5.41, 5.74) is 4.08. The lowest BCUT2D eigenvalue weighted by atomic mass is 9.57. The van der Waals surface area contributed by atoms with E-state index < -0.39 is 58.0 Å². The summed E-state index contributed by atoms with van der Waals surface area (Å²) in [4.78, 5) is 52.4. The second-order valence-electron chi connectivity index (χ2n) is 10.6. The van der Waals surface area contributed by atoms with Gasteiger partial charge in [-0.25, -0.2) is 0 Å². The van der Waals surface area contributed by atoms with Gasteiger partial charge in [0.25, 0.3) is 5.91 Å². The van der Waals surface area contributed by atoms with Gasteiger partial charge in [-0.15, -0.1) is 0 Å². The number of rotatable bonds is 4. The Morgan fingerprint density at radius 3 is 2.23 bits per heavy atom. The first-order chi connectivity index (χ1) is 18.3. The van der Waals surface area contributed by atoms with Crippen LogP contribution in [0.4, 0.5) is 0 Å². The molecule has 1 fully saturated rings. The number of carbonyl (C=O) groups is 4. The van der Waals surface area contributed by atoms with Crippen LogP contribution in [-0.4, -0.2) is 74.3 Å². The zero-order valence-electron chi connectivity index (χ0n) is 21.6. The lowest BCUT2D eigenvalue weighted by Crippen LogP contribution is -2.65. The summed E-state index contributed by atoms with van der Waals surface area (Å²) in [6.45, 7) is 1.46. The van der Waals surface area contributed by atoms with Gasteiger partial charge in [-0.1, -0.05) is 30.3 Å². The standard InChI is InChI=1S/C29H28N2O8/c1-12(32)13-4-6-14(7-5-13)16-8-9-19(33)21-17(16)10-15-11-18-23(31(2)3)25(35)22(28(30)38)27(37)29(18,39)26(36)20(15)24(21)34/h4-9,15,18,23,33-34,37,39H,10-11H2,1-3H3,(H2,30,38)/t15-,18+,23-,29-/m0/s1. The van der Waals surface area contributed by atoms with Gasteiger partial charge in [-0.05, 0) is 62.5 Å². The molecule has 1 amide bonds. The van der Waals surface area contributed by atoms with Crippen LogP contribution in [0.25, 0.3) is 16.9 Å². The van der Waals surface area contributed by atoms with Crippen molar-refractivity contribution in [3.05, 3.63) is 70.0 Å². The molecule has 39 heavy (non-hydrogen) atoms. The molecule has 10 heteroatoms. The van der Waals surface area contributed by atoms with Gasteiger partial charge >= 0.3 is 0 Å². The molecule has 0 aromatic heterocycles. The lowest BCUT2D eigenvalue weighted by Gasteiger charge is -2.50. The summed E-state index contributed by atoms with van der Waals surface area (Å²) in [6.07, 6.45) is 0.177. The minimum atomic E-state index is -2.68. The SMILES string of the molecule is CC(=O)c1ccc(-c2ccc(O)c3c2C[C@H]2C[C@@H]4[C@H](N(C)C)C(=O)C(C(N)=O)=C(O)[C@@]4(O)C(=O)C2=C3O)cc1. The van der Waals surface area contributed by atoms with Crippen LogP contribution in [0.15, 0.2) is 53.3 Å². The van der Waals surface area contributed by atoms with Crippen LogP contribution in [-0.2, 0) is 20.8 Å². The fraction of sp³-hybridized carbons (Fsp3) is 0.310. The number of aliphatic hydroxyl groups excluding tert-OH is 2. The largest absolute Gasteiger partial charge is 0.508 e. The third-order valence-corrected chi connectivity index (χ3v) is 8.21. The molecule has 202 valence electrons. The third kappa shape index (κ3) is 3.63. The van der Waals surface area contributed by atoms with E-state index in [9.17, 15) is 39.6 Å². The number of carbonyl (C=O) groups excluding carboxylic acids is 4. The summed E-state index contributed by atoms with van der Waals surface area (Å²) >= 11 is 0. The first-order valence-corrected chi connectivity index (χ1v) is 12.4. The van der Waals surface area contributed by atoms with E-state index in [2.05, 4.69) is 0 Å². The van der Waals surface area contributed by atoms with Crippen molar-refractivity contribution in [1.82, 2.24) is 4.90 Å². The molecule has 6 N–H and O–H groups in total. The second kappa shape index (κ2) is 8.89. The fourth-order valence-electron chi connectivity index (χ4n) is 6.40. The van der Waals surface area contributed by atoms with Crippen molar-refractivity contribution < 1.29 is 39.6 Å². The molecule has 0 unspecified atom stereocenters. The predicted octanol–water partition coefficient (Wildman–Crippen LogP) is 1.83. The number of aliphatic hydroxyl groups is 3. The first-order valence-electron chi connectivity index (χ1n) is 12.4. The van der Waals surface area contributed by atoms with Crippen molar-refractivity contribution in [1.29, 1.82) is 0 Å². The van der Waals surface area contributed by atoms with Crippen LogP contribution >= 0.6 is 0 Å². The fourth-order valence-corrected chi connectivity index (χ4v) is 6.40. The number of phenols is 1. The Balaban J connectivity index is 1.71. The summed E-state index contributed by atoms with van der Waals surface area (Å²) in [7, 11) is 3.10. The van der Waals surface area contributed by atoms with E-state index in [1.165, 1.54) is 17.9 Å². The van der Waals surface area contributed by atoms with Crippen LogP contribution in [0.2, 0.25) is 0 Å². The molecule has 5 rings (SSSR count). The number of fused-ring (bicyclic) bond motifs is 3. The van der Waals surface area contributed by atoms with Crippen LogP contribution in [0.5, 0.6) is 5.75 Å². The minimum Gasteiger partial charge on any atom is -0.508 e. The predicted molar refractivity (Wildman–Crippen MR) is 140 cm³/mol. The Morgan fingerprint density at radius 1 is 1.03 bits per heavy atom. The molecule has 1 saturated carbocycles. The van der Waals surface area contributed by atoms with Gasteiger partial charge in [0.15, 0.2) is 17.2 Å². The van der Waals surface area contributed by atoms with E-state index in [0.717, 1.165) is 5.56 Å². The van der Waals surface area contributed by atoms with Crippen molar-refractivity contribution >= 4 is 29.0 Å². The summed E-state index contributed by atoms with van der Waals surface area (Å²) < 4.78 is 0. The van der Waals surface area contributed by atoms with E-state index in [1.54, 1.807) is 44.4 Å². The highest BCUT2D eigenvalue weighted by molar-refractivity contribution is 6.24. The normalized spacial score (nSPS) is 26.3. The Kier molecular flexibility index (Phi) is 6.00. The molecule has 3 aliphatic carbocycles. The third-order valence-electron chi connectivity index (χ3n) is 8.21. The number of likely N-dealkylation sites (N-methyl/N-ethyl adjacent to an activating group) is 1. The highest BCUT2D eigenvalue weighted by Gasteiger charge is 2.64. The maximum absolute atomic E-state index is 13.9. The molecule has 0 bridgehead atoms. The van der Waals surface area contributed by atoms with E-state index in [0.29, 0.717) is 16.7 Å². The number of nitrogens with zero attached hydrogens (tertiary/aromatic N) is 1. The summed E-state index contributed by atoms with van der Waals surface area (Å²) in [6, 6.07) is 8.75. The molecule has 4 atom stereocenters. The Labute approximate surface area is 223 Å². The maximum Gasteiger partial charge on any atom is 0.255 e. The molecular weight excluding hydrogens is 504 g/mol. The maximum atomic E-state index is 13.9. The molecule has 2 aromatic rings. The van der Waals surface area contributed by atoms with Crippen molar-refractivity contribution in [2.24, 2.45) is 17.6 Å². The van der Waals surface area contributed by atoms with E-state index >= 15 is 0 Å². The average molecular weight is 533 g/mol. The van der Waals surface area contributed by atoms with Crippen molar-refractivity contribution in [3.8, 4) is 16.9 Å². The average Bonchev–Trinajstić information content (AvgIpc) is 2.86. The highest BCUT2D eigenvalue weighted by Crippen LogP contribution is 2.53. The first kappa shape index (κ1) is 26.3. The van der Waals surface area contributed by atoms with E-state index in [1.807, 2.05) is 0 Å². The molecular formula is C29H28N2O8. The molecule has 2 aromatic carbocycles. The minimum absolute atomic E-state index is 0.00410. The number of hydrogen-bond donors (Lipinski definition) is 5. The lowest BCUT2D eigenvalue weighted by molar-refractivity contribution is -0.153. The highest BCUT2D eigenvalue weighted by atomic mass is 16.3. The van der Waals surface area contributed by atoms with Crippen molar-refractivity contribution in [3.63, 3.8) is 0 Å². The quantitative estimate of drug-likeness (QED) is 0.290. The second-order valence-corrected chi connectivity index (χ2v) is 10.6. The van der Waals surface area contributed by atoms with Crippen LogP contribution < -0.4 is 5.73 Å². The Hall–Kier alpha value is -4.28. The monoisotopic (exact) mass is 532 g/mol. The van der Waals surface area contributed by atoms with Gasteiger partial charge in [-0.2, -0.15) is 0 Å². The number of amides is 1. The topological polar surface area (TPSA) is 178 Å². The number of nitrogens with two attached hydrogens (primary N) is 1. The van der Waals surface area contributed by atoms with E-state index in [-0.39, 0.29) is 35.5 Å². The molecule has 0 radical (unpaired) electrons. The van der Waals surface area contributed by atoms with E-state index in [4.69, 9.17) is 5.73 Å². The summed E-state index contributed by atoms with van der Waals surface area (Å²) in [5.74, 6) is -7.02. The van der Waals surface area contributed by atoms with Crippen molar-refractivity contribution in [2.45, 2.75) is 31.4 Å². The summed E-state index contributed by atoms with van der Waals surface area (Å²) in [5, 5.41) is 44.7. The van der Waals surface area contributed by atoms with Gasteiger partial charge in [0.2, 0.25) is 5.78 Å². The number of aromatic hydroxyl groups is 1.